The van der Waals surface area contributed by atoms with Crippen molar-refractivity contribution in [3.05, 3.63) is 24.2 Å². The van der Waals surface area contributed by atoms with E-state index in [2.05, 4.69) is 37.1 Å². The average molecular weight is 264 g/mol. The van der Waals surface area contributed by atoms with Gasteiger partial charge in [-0.2, -0.15) is 0 Å². The first-order chi connectivity index (χ1) is 9.14. The van der Waals surface area contributed by atoms with Gasteiger partial charge in [-0.1, -0.05) is 6.92 Å². The van der Waals surface area contributed by atoms with Crippen molar-refractivity contribution >= 4 is 0 Å². The number of furan rings is 1. The molecule has 0 radical (unpaired) electrons. The van der Waals surface area contributed by atoms with E-state index >= 15 is 0 Å². The molecule has 3 heteroatoms. The summed E-state index contributed by atoms with van der Waals surface area (Å²) in [6.45, 7) is 10.5. The summed E-state index contributed by atoms with van der Waals surface area (Å²) in [5.41, 5.74) is 1.49. The van der Waals surface area contributed by atoms with E-state index in [1.165, 1.54) is 37.9 Å². The molecule has 108 valence electrons. The molecule has 19 heavy (non-hydrogen) atoms. The van der Waals surface area contributed by atoms with Gasteiger partial charge in [-0.25, -0.2) is 0 Å². The monoisotopic (exact) mass is 264 g/mol. The molecule has 1 aliphatic rings. The first-order valence-electron chi connectivity index (χ1n) is 7.64. The van der Waals surface area contributed by atoms with Gasteiger partial charge in [0.05, 0.1) is 12.5 Å². The van der Waals surface area contributed by atoms with Crippen LogP contribution in [0, 0.1) is 0 Å². The number of nitrogens with one attached hydrogen (secondary N) is 1. The molecule has 0 amide bonds. The van der Waals surface area contributed by atoms with E-state index in [0.717, 1.165) is 13.0 Å². The summed E-state index contributed by atoms with van der Waals surface area (Å²) in [4.78, 5) is 2.64. The van der Waals surface area contributed by atoms with Crippen molar-refractivity contribution < 1.29 is 4.42 Å². The Bertz CT molecular complexity index is 353. The summed E-state index contributed by atoms with van der Waals surface area (Å²) in [5, 5.41) is 3.74. The molecule has 1 fully saturated rings. The molecule has 1 unspecified atom stereocenters. The summed E-state index contributed by atoms with van der Waals surface area (Å²) in [7, 11) is 0. The van der Waals surface area contributed by atoms with Crippen LogP contribution in [0.2, 0.25) is 0 Å². The number of hydrogen-bond donors (Lipinski definition) is 1. The smallest absolute Gasteiger partial charge is 0.0935 e. The van der Waals surface area contributed by atoms with Gasteiger partial charge in [0.1, 0.15) is 0 Å². The van der Waals surface area contributed by atoms with Gasteiger partial charge in [-0.3, -0.25) is 4.90 Å². The Hall–Kier alpha value is -0.800. The highest BCUT2D eigenvalue weighted by molar-refractivity contribution is 5.11. The maximum Gasteiger partial charge on any atom is 0.0935 e. The lowest BCUT2D eigenvalue weighted by molar-refractivity contribution is 0.106. The molecule has 0 bridgehead atoms. The zero-order valence-electron chi connectivity index (χ0n) is 12.6. The summed E-state index contributed by atoms with van der Waals surface area (Å²) in [6.07, 6.45) is 8.55. The van der Waals surface area contributed by atoms with Crippen LogP contribution in [0.3, 0.4) is 0 Å². The van der Waals surface area contributed by atoms with Crippen LogP contribution in [0.1, 0.15) is 45.6 Å². The lowest BCUT2D eigenvalue weighted by atomic mass is 9.88. The van der Waals surface area contributed by atoms with Crippen LogP contribution in [0.15, 0.2) is 23.0 Å². The van der Waals surface area contributed by atoms with Crippen LogP contribution >= 0.6 is 0 Å². The fraction of sp³-hybridized carbons (Fsp3) is 0.750. The average Bonchev–Trinajstić information content (AvgIpc) is 3.06. The summed E-state index contributed by atoms with van der Waals surface area (Å²) < 4.78 is 5.22. The molecule has 0 saturated carbocycles. The van der Waals surface area contributed by atoms with Gasteiger partial charge in [0.25, 0.3) is 0 Å². The molecule has 1 N–H and O–H groups in total. The van der Waals surface area contributed by atoms with Crippen molar-refractivity contribution in [1.29, 1.82) is 0 Å². The second-order valence-electron chi connectivity index (χ2n) is 6.19. The van der Waals surface area contributed by atoms with Crippen molar-refractivity contribution in [2.24, 2.45) is 0 Å². The standard InChI is InChI=1S/C16H28N2O/c1-4-8-17-15(12-14-7-11-19-13-14)16(2,3)18-9-5-6-10-18/h7,11,13,15,17H,4-6,8-10,12H2,1-3H3. The number of nitrogens with zero attached hydrogens (tertiary/aromatic N) is 1. The second kappa shape index (κ2) is 6.58. The Morgan fingerprint density at radius 1 is 1.37 bits per heavy atom. The van der Waals surface area contributed by atoms with E-state index < -0.39 is 0 Å². The zero-order chi connectivity index (χ0) is 13.7. The van der Waals surface area contributed by atoms with E-state index in [9.17, 15) is 0 Å². The maximum atomic E-state index is 5.22. The number of rotatable bonds is 7. The Morgan fingerprint density at radius 2 is 2.11 bits per heavy atom. The van der Waals surface area contributed by atoms with Crippen LogP contribution < -0.4 is 5.32 Å². The first kappa shape index (κ1) is 14.6. The summed E-state index contributed by atoms with van der Waals surface area (Å²) >= 11 is 0. The maximum absolute atomic E-state index is 5.22. The minimum Gasteiger partial charge on any atom is -0.472 e. The fourth-order valence-electron chi connectivity index (χ4n) is 3.05. The Labute approximate surface area is 117 Å². The highest BCUT2D eigenvalue weighted by atomic mass is 16.3. The third-order valence-corrected chi connectivity index (χ3v) is 4.43. The largest absolute Gasteiger partial charge is 0.472 e. The van der Waals surface area contributed by atoms with Crippen molar-refractivity contribution in [3.63, 3.8) is 0 Å². The summed E-state index contributed by atoms with van der Waals surface area (Å²) in [5.74, 6) is 0. The highest BCUT2D eigenvalue weighted by Gasteiger charge is 2.36. The van der Waals surface area contributed by atoms with Crippen molar-refractivity contribution in [1.82, 2.24) is 10.2 Å². The lowest BCUT2D eigenvalue weighted by Gasteiger charge is -2.42. The quantitative estimate of drug-likeness (QED) is 0.820. The van der Waals surface area contributed by atoms with Gasteiger partial charge in [-0.15, -0.1) is 0 Å². The van der Waals surface area contributed by atoms with E-state index in [1.807, 2.05) is 6.26 Å². The fourth-order valence-corrected chi connectivity index (χ4v) is 3.05. The molecule has 0 spiro atoms. The van der Waals surface area contributed by atoms with E-state index in [1.54, 1.807) is 6.26 Å². The third kappa shape index (κ3) is 3.61. The molecule has 1 saturated heterocycles. The number of hydrogen-bond acceptors (Lipinski definition) is 3. The topological polar surface area (TPSA) is 28.4 Å². The summed E-state index contributed by atoms with van der Waals surface area (Å²) in [6, 6.07) is 2.56. The van der Waals surface area contributed by atoms with Gasteiger partial charge >= 0.3 is 0 Å². The first-order valence-corrected chi connectivity index (χ1v) is 7.64. The molecule has 0 aliphatic carbocycles. The predicted octanol–water partition coefficient (Wildman–Crippen LogP) is 3.06. The molecule has 1 atom stereocenters. The zero-order valence-corrected chi connectivity index (χ0v) is 12.6. The highest BCUT2D eigenvalue weighted by Crippen LogP contribution is 2.26. The molecular formula is C16H28N2O. The van der Waals surface area contributed by atoms with Gasteiger partial charge < -0.3 is 9.73 Å². The third-order valence-electron chi connectivity index (χ3n) is 4.43. The van der Waals surface area contributed by atoms with Crippen LogP contribution in [-0.4, -0.2) is 36.1 Å². The minimum atomic E-state index is 0.197. The van der Waals surface area contributed by atoms with Gasteiger partial charge in [-0.05, 0) is 70.8 Å². The molecule has 1 aliphatic heterocycles. The lowest BCUT2D eigenvalue weighted by Crippen LogP contribution is -2.57. The van der Waals surface area contributed by atoms with E-state index in [0.29, 0.717) is 6.04 Å². The van der Waals surface area contributed by atoms with Crippen LogP contribution in [-0.2, 0) is 6.42 Å². The normalized spacial score (nSPS) is 18.9. The minimum absolute atomic E-state index is 0.197. The molecule has 0 aromatic carbocycles. The van der Waals surface area contributed by atoms with Crippen molar-refractivity contribution in [2.45, 2.75) is 58.0 Å². The van der Waals surface area contributed by atoms with E-state index in [4.69, 9.17) is 4.42 Å². The second-order valence-corrected chi connectivity index (χ2v) is 6.19. The SMILES string of the molecule is CCCNC(Cc1ccoc1)C(C)(C)N1CCCC1. The molecular weight excluding hydrogens is 236 g/mol. The Kier molecular flexibility index (Phi) is 5.06. The van der Waals surface area contributed by atoms with E-state index in [-0.39, 0.29) is 5.54 Å². The Balaban J connectivity index is 2.06. The van der Waals surface area contributed by atoms with Crippen LogP contribution in [0.25, 0.3) is 0 Å². The van der Waals surface area contributed by atoms with Gasteiger partial charge in [0, 0.05) is 11.6 Å². The molecule has 1 aromatic rings. The van der Waals surface area contributed by atoms with Crippen LogP contribution in [0.4, 0.5) is 0 Å². The number of likely N-dealkylation sites (tertiary alicyclic amines) is 1. The van der Waals surface area contributed by atoms with Gasteiger partial charge in [0.2, 0.25) is 0 Å². The predicted molar refractivity (Wildman–Crippen MR) is 79.4 cm³/mol. The molecule has 2 heterocycles. The molecule has 3 nitrogen and oxygen atoms in total. The van der Waals surface area contributed by atoms with Crippen molar-refractivity contribution in [2.75, 3.05) is 19.6 Å². The van der Waals surface area contributed by atoms with Gasteiger partial charge in [0.15, 0.2) is 0 Å². The van der Waals surface area contributed by atoms with Crippen LogP contribution in [0.5, 0.6) is 0 Å². The van der Waals surface area contributed by atoms with Crippen molar-refractivity contribution in [3.8, 4) is 0 Å². The molecule has 2 rings (SSSR count). The molecule has 1 aromatic heterocycles. The Morgan fingerprint density at radius 3 is 2.68 bits per heavy atom.